The third kappa shape index (κ3) is 3.49. The van der Waals surface area contributed by atoms with E-state index in [1.807, 2.05) is 0 Å². The lowest BCUT2D eigenvalue weighted by atomic mass is 9.90. The second-order valence-electron chi connectivity index (χ2n) is 4.08. The van der Waals surface area contributed by atoms with Gasteiger partial charge in [0.05, 0.1) is 5.92 Å². The van der Waals surface area contributed by atoms with Gasteiger partial charge in [-0.05, 0) is 30.0 Å². The van der Waals surface area contributed by atoms with E-state index in [1.54, 1.807) is 6.92 Å². The van der Waals surface area contributed by atoms with E-state index in [0.29, 0.717) is 12.0 Å². The molecule has 1 aromatic carbocycles. The molecule has 1 rings (SSSR count). The minimum absolute atomic E-state index is 0.0311. The van der Waals surface area contributed by atoms with Gasteiger partial charge in [0.25, 0.3) is 0 Å². The lowest BCUT2D eigenvalue weighted by Crippen LogP contribution is -2.24. The van der Waals surface area contributed by atoms with Crippen LogP contribution in [-0.2, 0) is 4.79 Å². The number of halogens is 2. The number of benzene rings is 1. The van der Waals surface area contributed by atoms with Crippen LogP contribution in [0.25, 0.3) is 0 Å². The Hall–Kier alpha value is -1.49. The molecule has 0 radical (unpaired) electrons. The number of rotatable bonds is 5. The Morgan fingerprint density at radius 1 is 1.41 bits per heavy atom. The van der Waals surface area contributed by atoms with Gasteiger partial charge in [-0.3, -0.25) is 4.79 Å². The Bertz CT molecular complexity index is 409. The molecule has 5 heteroatoms. The Balaban J connectivity index is 2.78. The molecule has 0 aliphatic heterocycles. The van der Waals surface area contributed by atoms with Gasteiger partial charge in [0, 0.05) is 6.54 Å². The van der Waals surface area contributed by atoms with E-state index in [-0.39, 0.29) is 12.5 Å². The van der Waals surface area contributed by atoms with Crippen molar-refractivity contribution in [2.45, 2.75) is 19.3 Å². The highest BCUT2D eigenvalue weighted by Gasteiger charge is 2.20. The van der Waals surface area contributed by atoms with Crippen LogP contribution in [0.3, 0.4) is 0 Å². The largest absolute Gasteiger partial charge is 0.481 e. The summed E-state index contributed by atoms with van der Waals surface area (Å²) in [6.07, 6.45) is 0.302. The maximum Gasteiger partial charge on any atom is 0.307 e. The van der Waals surface area contributed by atoms with E-state index in [0.717, 1.165) is 12.1 Å². The monoisotopic (exact) mass is 243 g/mol. The van der Waals surface area contributed by atoms with Crippen molar-refractivity contribution in [1.29, 1.82) is 0 Å². The molecule has 0 amide bonds. The average molecular weight is 243 g/mol. The number of carboxylic acids is 1. The molecule has 3 nitrogen and oxygen atoms in total. The molecular formula is C12H15F2NO2. The van der Waals surface area contributed by atoms with Crippen LogP contribution in [0.5, 0.6) is 0 Å². The van der Waals surface area contributed by atoms with Crippen molar-refractivity contribution in [2.24, 2.45) is 11.7 Å². The van der Waals surface area contributed by atoms with Gasteiger partial charge in [-0.2, -0.15) is 0 Å². The van der Waals surface area contributed by atoms with Gasteiger partial charge < -0.3 is 10.8 Å². The molecule has 0 aliphatic rings. The quantitative estimate of drug-likeness (QED) is 0.832. The minimum Gasteiger partial charge on any atom is -0.481 e. The zero-order valence-corrected chi connectivity index (χ0v) is 9.49. The smallest absolute Gasteiger partial charge is 0.307 e. The molecule has 17 heavy (non-hydrogen) atoms. The summed E-state index contributed by atoms with van der Waals surface area (Å²) in [5, 5.41) is 8.85. The molecule has 0 bridgehead atoms. The third-order valence-electron chi connectivity index (χ3n) is 2.78. The van der Waals surface area contributed by atoms with Crippen molar-refractivity contribution in [3.63, 3.8) is 0 Å². The second kappa shape index (κ2) is 5.72. The van der Waals surface area contributed by atoms with Crippen molar-refractivity contribution in [1.82, 2.24) is 0 Å². The highest BCUT2D eigenvalue weighted by molar-refractivity contribution is 5.70. The molecule has 0 saturated heterocycles. The fourth-order valence-electron chi connectivity index (χ4n) is 1.68. The topological polar surface area (TPSA) is 63.3 Å². The minimum atomic E-state index is -0.970. The van der Waals surface area contributed by atoms with E-state index < -0.39 is 23.5 Å². The maximum absolute atomic E-state index is 13.0. The van der Waals surface area contributed by atoms with Crippen molar-refractivity contribution >= 4 is 5.97 Å². The van der Waals surface area contributed by atoms with Crippen LogP contribution >= 0.6 is 0 Å². The molecule has 94 valence electrons. The number of aliphatic carboxylic acids is 1. The van der Waals surface area contributed by atoms with Gasteiger partial charge in [-0.15, -0.1) is 0 Å². The highest BCUT2D eigenvalue weighted by Crippen LogP contribution is 2.24. The summed E-state index contributed by atoms with van der Waals surface area (Å²) in [5.41, 5.74) is 5.91. The first kappa shape index (κ1) is 13.6. The summed E-state index contributed by atoms with van der Waals surface area (Å²) in [6.45, 7) is 1.79. The maximum atomic E-state index is 13.0. The number of nitrogens with two attached hydrogens (primary N) is 1. The van der Waals surface area contributed by atoms with Gasteiger partial charge in [0.15, 0.2) is 11.6 Å². The number of hydrogen-bond acceptors (Lipinski definition) is 2. The van der Waals surface area contributed by atoms with Crippen LogP contribution in [-0.4, -0.2) is 17.6 Å². The second-order valence-corrected chi connectivity index (χ2v) is 4.08. The SMILES string of the molecule is CC(CC(CN)C(=O)O)c1ccc(F)c(F)c1. The molecule has 0 aromatic heterocycles. The van der Waals surface area contributed by atoms with Crippen LogP contribution < -0.4 is 5.73 Å². The van der Waals surface area contributed by atoms with Crippen LogP contribution in [0.1, 0.15) is 24.8 Å². The van der Waals surface area contributed by atoms with E-state index >= 15 is 0 Å². The Morgan fingerprint density at radius 2 is 2.06 bits per heavy atom. The van der Waals surface area contributed by atoms with Gasteiger partial charge >= 0.3 is 5.97 Å². The summed E-state index contributed by atoms with van der Waals surface area (Å²) in [5.74, 6) is -3.65. The summed E-state index contributed by atoms with van der Waals surface area (Å²) in [4.78, 5) is 10.8. The standard InChI is InChI=1S/C12H15F2NO2/c1-7(4-9(6-15)12(16)17)8-2-3-10(13)11(14)5-8/h2-3,5,7,9H,4,6,15H2,1H3,(H,16,17). The molecule has 0 saturated carbocycles. The fraction of sp³-hybridized carbons (Fsp3) is 0.417. The van der Waals surface area contributed by atoms with Crippen molar-refractivity contribution in [2.75, 3.05) is 6.54 Å². The van der Waals surface area contributed by atoms with Crippen LogP contribution in [0.15, 0.2) is 18.2 Å². The van der Waals surface area contributed by atoms with Crippen LogP contribution in [0.2, 0.25) is 0 Å². The van der Waals surface area contributed by atoms with Gasteiger partial charge in [0.1, 0.15) is 0 Å². The lowest BCUT2D eigenvalue weighted by molar-refractivity contribution is -0.141. The molecule has 0 heterocycles. The molecule has 0 fully saturated rings. The first-order valence-corrected chi connectivity index (χ1v) is 5.33. The Kier molecular flexibility index (Phi) is 4.57. The summed E-state index contributed by atoms with van der Waals surface area (Å²) >= 11 is 0. The van der Waals surface area contributed by atoms with Crippen molar-refractivity contribution < 1.29 is 18.7 Å². The first-order valence-electron chi connectivity index (χ1n) is 5.33. The Labute approximate surface area is 98.2 Å². The highest BCUT2D eigenvalue weighted by atomic mass is 19.2. The van der Waals surface area contributed by atoms with E-state index in [1.165, 1.54) is 6.07 Å². The van der Waals surface area contributed by atoms with E-state index in [2.05, 4.69) is 0 Å². The van der Waals surface area contributed by atoms with Crippen molar-refractivity contribution in [3.05, 3.63) is 35.4 Å². The third-order valence-corrected chi connectivity index (χ3v) is 2.78. The van der Waals surface area contributed by atoms with E-state index in [9.17, 15) is 13.6 Å². The van der Waals surface area contributed by atoms with Crippen LogP contribution in [0.4, 0.5) is 8.78 Å². The molecule has 0 spiro atoms. The summed E-state index contributed by atoms with van der Waals surface area (Å²) in [7, 11) is 0. The molecule has 2 unspecified atom stereocenters. The average Bonchev–Trinajstić information content (AvgIpc) is 2.28. The summed E-state index contributed by atoms with van der Waals surface area (Å²) in [6, 6.07) is 3.59. The van der Waals surface area contributed by atoms with Gasteiger partial charge in [0.2, 0.25) is 0 Å². The van der Waals surface area contributed by atoms with Gasteiger partial charge in [-0.25, -0.2) is 8.78 Å². The lowest BCUT2D eigenvalue weighted by Gasteiger charge is -2.16. The predicted octanol–water partition coefficient (Wildman–Crippen LogP) is 2.12. The molecular weight excluding hydrogens is 228 g/mol. The van der Waals surface area contributed by atoms with E-state index in [4.69, 9.17) is 10.8 Å². The van der Waals surface area contributed by atoms with Crippen molar-refractivity contribution in [3.8, 4) is 0 Å². The summed E-state index contributed by atoms with van der Waals surface area (Å²) < 4.78 is 25.7. The molecule has 0 aliphatic carbocycles. The van der Waals surface area contributed by atoms with Gasteiger partial charge in [-0.1, -0.05) is 13.0 Å². The normalized spacial score (nSPS) is 14.4. The number of carbonyl (C=O) groups is 1. The zero-order chi connectivity index (χ0) is 13.0. The molecule has 3 N–H and O–H groups in total. The first-order chi connectivity index (χ1) is 7.95. The molecule has 2 atom stereocenters. The fourth-order valence-corrected chi connectivity index (χ4v) is 1.68. The van der Waals surface area contributed by atoms with Crippen LogP contribution in [0, 0.1) is 17.6 Å². The molecule has 1 aromatic rings. The zero-order valence-electron chi connectivity index (χ0n) is 9.49. The number of hydrogen-bond donors (Lipinski definition) is 2. The Morgan fingerprint density at radius 3 is 2.53 bits per heavy atom. The predicted molar refractivity (Wildman–Crippen MR) is 59.6 cm³/mol. The number of carboxylic acid groups (broad SMARTS) is 1.